The summed E-state index contributed by atoms with van der Waals surface area (Å²) >= 11 is 0. The minimum atomic E-state index is -0.575. The Morgan fingerprint density at radius 1 is 1.35 bits per heavy atom. The highest BCUT2D eigenvalue weighted by Gasteiger charge is 2.26. The molecule has 3 N–H and O–H groups in total. The number of hydrogen-bond donors (Lipinski definition) is 2. The van der Waals surface area contributed by atoms with Crippen molar-refractivity contribution in [3.63, 3.8) is 0 Å². The van der Waals surface area contributed by atoms with E-state index in [1.165, 1.54) is 32.4 Å². The summed E-state index contributed by atoms with van der Waals surface area (Å²) in [5.41, 5.74) is 8.38. The molecule has 0 saturated heterocycles. The summed E-state index contributed by atoms with van der Waals surface area (Å²) in [5.74, 6) is -0.417. The van der Waals surface area contributed by atoms with Gasteiger partial charge in [0.15, 0.2) is 0 Å². The van der Waals surface area contributed by atoms with Crippen LogP contribution in [0.3, 0.4) is 0 Å². The number of nitrogens with two attached hydrogens (primary N) is 1. The zero-order valence-electron chi connectivity index (χ0n) is 18.9. The number of imidazole rings is 1. The second kappa shape index (κ2) is 9.79. The molecule has 0 amide bonds. The predicted molar refractivity (Wildman–Crippen MR) is 128 cm³/mol. The molecule has 1 aliphatic carbocycles. The zero-order valence-corrected chi connectivity index (χ0v) is 18.9. The van der Waals surface area contributed by atoms with E-state index in [1.54, 1.807) is 6.07 Å². The zero-order chi connectivity index (χ0) is 24.2. The molecule has 1 heterocycles. The fraction of sp³-hybridized carbons (Fsp3) is 0.375. The second-order valence-electron chi connectivity index (χ2n) is 8.38. The standard InChI is InChI=1S/C24H26N6O4/c1-34-22(31)9-10-27-19-12-17(24(30(32)33)23(26)18(19)13-25)15-7-8-21-20(11-15)28-14-29(21)16-5-3-2-4-6-16/h7-8,11-12,14,16,27H,2-6,9-10,26H2,1H3. The Labute approximate surface area is 196 Å². The van der Waals surface area contributed by atoms with Crippen molar-refractivity contribution in [2.45, 2.75) is 44.6 Å². The van der Waals surface area contributed by atoms with Crippen molar-refractivity contribution < 1.29 is 14.5 Å². The Balaban J connectivity index is 1.76. The van der Waals surface area contributed by atoms with Gasteiger partial charge in [-0.1, -0.05) is 25.3 Å². The predicted octanol–water partition coefficient (Wildman–Crippen LogP) is 4.55. The molecule has 0 aliphatic heterocycles. The maximum atomic E-state index is 11.9. The van der Waals surface area contributed by atoms with Crippen molar-refractivity contribution in [2.24, 2.45) is 0 Å². The van der Waals surface area contributed by atoms with Crippen LogP contribution in [0.1, 0.15) is 50.1 Å². The Morgan fingerprint density at radius 2 is 2.12 bits per heavy atom. The third kappa shape index (κ3) is 4.37. The second-order valence-corrected chi connectivity index (χ2v) is 8.38. The van der Waals surface area contributed by atoms with Gasteiger partial charge in [-0.25, -0.2) is 4.98 Å². The van der Waals surface area contributed by atoms with Crippen LogP contribution in [0.5, 0.6) is 0 Å². The van der Waals surface area contributed by atoms with Gasteiger partial charge in [-0.15, -0.1) is 0 Å². The first-order valence-corrected chi connectivity index (χ1v) is 11.2. The van der Waals surface area contributed by atoms with Gasteiger partial charge in [0.05, 0.1) is 47.1 Å². The number of hydrogen-bond acceptors (Lipinski definition) is 8. The highest BCUT2D eigenvalue weighted by molar-refractivity contribution is 5.92. The average Bonchev–Trinajstić information content (AvgIpc) is 3.27. The lowest BCUT2D eigenvalue weighted by Gasteiger charge is -2.23. The van der Waals surface area contributed by atoms with Gasteiger partial charge < -0.3 is 20.4 Å². The van der Waals surface area contributed by atoms with E-state index in [9.17, 15) is 20.2 Å². The lowest BCUT2D eigenvalue weighted by Crippen LogP contribution is -2.12. The number of rotatable bonds is 7. The van der Waals surface area contributed by atoms with Crippen molar-refractivity contribution in [2.75, 3.05) is 24.7 Å². The van der Waals surface area contributed by atoms with Crippen molar-refractivity contribution >= 4 is 34.1 Å². The number of nitrogen functional groups attached to an aromatic ring is 1. The number of nitro groups is 1. The number of carbonyl (C=O) groups is 1. The molecule has 10 nitrogen and oxygen atoms in total. The lowest BCUT2D eigenvalue weighted by molar-refractivity contribution is -0.383. The van der Waals surface area contributed by atoms with Crippen LogP contribution in [0, 0.1) is 21.4 Å². The number of aromatic nitrogens is 2. The number of esters is 1. The van der Waals surface area contributed by atoms with Crippen LogP contribution >= 0.6 is 0 Å². The van der Waals surface area contributed by atoms with E-state index in [-0.39, 0.29) is 35.5 Å². The van der Waals surface area contributed by atoms with Crippen molar-refractivity contribution in [1.29, 1.82) is 5.26 Å². The van der Waals surface area contributed by atoms with Gasteiger partial charge in [0.2, 0.25) is 0 Å². The van der Waals surface area contributed by atoms with E-state index in [0.717, 1.165) is 23.9 Å². The molecular formula is C24H26N6O4. The maximum Gasteiger partial charge on any atom is 0.307 e. The van der Waals surface area contributed by atoms with Crippen molar-refractivity contribution in [3.8, 4) is 17.2 Å². The number of methoxy groups -OCH3 is 1. The fourth-order valence-corrected chi connectivity index (χ4v) is 4.62. The highest BCUT2D eigenvalue weighted by Crippen LogP contribution is 2.41. The Bertz CT molecular complexity index is 1290. The van der Waals surface area contributed by atoms with Crippen LogP contribution < -0.4 is 11.1 Å². The largest absolute Gasteiger partial charge is 0.469 e. The number of ether oxygens (including phenoxy) is 1. The van der Waals surface area contributed by atoms with Gasteiger partial charge in [-0.2, -0.15) is 5.26 Å². The molecule has 34 heavy (non-hydrogen) atoms. The summed E-state index contributed by atoms with van der Waals surface area (Å²) in [6.45, 7) is 0.183. The van der Waals surface area contributed by atoms with Gasteiger partial charge >= 0.3 is 11.7 Å². The van der Waals surface area contributed by atoms with E-state index in [4.69, 9.17) is 5.73 Å². The molecule has 4 rings (SSSR count). The molecular weight excluding hydrogens is 436 g/mol. The number of nitro benzene ring substituents is 1. The van der Waals surface area contributed by atoms with Crippen LogP contribution in [0.4, 0.5) is 17.1 Å². The molecule has 2 aromatic carbocycles. The average molecular weight is 463 g/mol. The van der Waals surface area contributed by atoms with Gasteiger partial charge in [0.1, 0.15) is 17.3 Å². The lowest BCUT2D eigenvalue weighted by atomic mass is 9.95. The number of nitrogens with zero attached hydrogens (tertiary/aromatic N) is 4. The van der Waals surface area contributed by atoms with Crippen molar-refractivity contribution in [1.82, 2.24) is 9.55 Å². The van der Waals surface area contributed by atoms with E-state index in [0.29, 0.717) is 17.3 Å². The molecule has 10 heteroatoms. The number of benzene rings is 2. The van der Waals surface area contributed by atoms with Gasteiger partial charge in [-0.3, -0.25) is 14.9 Å². The van der Waals surface area contributed by atoms with Crippen LogP contribution in [0.2, 0.25) is 0 Å². The molecule has 1 fully saturated rings. The molecule has 0 bridgehead atoms. The number of nitrogens with one attached hydrogen (secondary N) is 1. The summed E-state index contributed by atoms with van der Waals surface area (Å²) < 4.78 is 6.83. The van der Waals surface area contributed by atoms with Crippen molar-refractivity contribution in [3.05, 3.63) is 46.3 Å². The minimum absolute atomic E-state index is 0.0389. The topological polar surface area (TPSA) is 149 Å². The first-order chi connectivity index (χ1) is 16.4. The smallest absolute Gasteiger partial charge is 0.307 e. The number of carbonyl (C=O) groups excluding carboxylic acids is 1. The molecule has 1 saturated carbocycles. The summed E-state index contributed by atoms with van der Waals surface area (Å²) in [4.78, 5) is 27.4. The Morgan fingerprint density at radius 3 is 2.79 bits per heavy atom. The van der Waals surface area contributed by atoms with E-state index in [1.807, 2.05) is 24.5 Å². The number of nitriles is 1. The SMILES string of the molecule is COC(=O)CCNc1cc(-c2ccc3c(c2)ncn3C2CCCCC2)c([N+](=O)[O-])c(N)c1C#N. The summed E-state index contributed by atoms with van der Waals surface area (Å²) in [5, 5.41) is 24.5. The normalized spacial score (nSPS) is 14.0. The van der Waals surface area contributed by atoms with Gasteiger partial charge in [0.25, 0.3) is 0 Å². The van der Waals surface area contributed by atoms with E-state index < -0.39 is 10.9 Å². The van der Waals surface area contributed by atoms with Gasteiger partial charge in [-0.05, 0) is 36.6 Å². The summed E-state index contributed by atoms with van der Waals surface area (Å²) in [7, 11) is 1.29. The third-order valence-electron chi connectivity index (χ3n) is 6.36. The Hall–Kier alpha value is -4.13. The number of anilines is 2. The molecule has 176 valence electrons. The van der Waals surface area contributed by atoms with Gasteiger partial charge in [0, 0.05) is 12.6 Å². The first kappa shape index (κ1) is 23.0. The first-order valence-electron chi connectivity index (χ1n) is 11.2. The van der Waals surface area contributed by atoms with Crippen LogP contribution in [-0.4, -0.2) is 34.1 Å². The summed E-state index contributed by atoms with van der Waals surface area (Å²) in [6, 6.07) is 9.43. The minimum Gasteiger partial charge on any atom is -0.469 e. The molecule has 0 radical (unpaired) electrons. The maximum absolute atomic E-state index is 11.9. The molecule has 0 spiro atoms. The number of fused-ring (bicyclic) bond motifs is 1. The monoisotopic (exact) mass is 462 g/mol. The quantitative estimate of drug-likeness (QED) is 0.225. The molecule has 3 aromatic rings. The highest BCUT2D eigenvalue weighted by atomic mass is 16.6. The van der Waals surface area contributed by atoms with Crippen LogP contribution in [0.15, 0.2) is 30.6 Å². The van der Waals surface area contributed by atoms with E-state index in [2.05, 4.69) is 19.6 Å². The molecule has 1 aliphatic rings. The molecule has 0 unspecified atom stereocenters. The molecule has 1 aromatic heterocycles. The third-order valence-corrected chi connectivity index (χ3v) is 6.36. The van der Waals surface area contributed by atoms with Crippen LogP contribution in [-0.2, 0) is 9.53 Å². The Kier molecular flexibility index (Phi) is 6.63. The van der Waals surface area contributed by atoms with E-state index >= 15 is 0 Å². The van der Waals surface area contributed by atoms with Crippen LogP contribution in [0.25, 0.3) is 22.2 Å². The fourth-order valence-electron chi connectivity index (χ4n) is 4.62. The molecule has 0 atom stereocenters. The summed E-state index contributed by atoms with van der Waals surface area (Å²) in [6.07, 6.45) is 7.80.